The Morgan fingerprint density at radius 1 is 1.11 bits per heavy atom. The monoisotopic (exact) mass is 312 g/mol. The van der Waals surface area contributed by atoms with Gasteiger partial charge in [0, 0.05) is 39.6 Å². The minimum atomic E-state index is -0.0487. The van der Waals surface area contributed by atoms with Crippen molar-refractivity contribution in [1.82, 2.24) is 9.97 Å². The Morgan fingerprint density at radius 2 is 2.00 bits per heavy atom. The number of hydrogen-bond donors (Lipinski definition) is 0. The molecule has 0 aliphatic rings. The van der Waals surface area contributed by atoms with E-state index >= 15 is 0 Å². The average molecular weight is 313 g/mol. The van der Waals surface area contributed by atoms with Crippen LogP contribution in [0.5, 0.6) is 0 Å². The van der Waals surface area contributed by atoms with Crippen LogP contribution >= 0.6 is 15.9 Å². The average Bonchev–Trinajstić information content (AvgIpc) is 2.46. The van der Waals surface area contributed by atoms with E-state index in [9.17, 15) is 4.79 Å². The maximum atomic E-state index is 12.5. The van der Waals surface area contributed by atoms with Gasteiger partial charge in [-0.15, -0.1) is 0 Å². The fourth-order valence-corrected chi connectivity index (χ4v) is 2.36. The van der Waals surface area contributed by atoms with Gasteiger partial charge in [0.15, 0.2) is 5.78 Å². The van der Waals surface area contributed by atoms with E-state index in [-0.39, 0.29) is 5.78 Å². The molecule has 0 saturated carbocycles. The van der Waals surface area contributed by atoms with E-state index in [0.29, 0.717) is 11.1 Å². The van der Waals surface area contributed by atoms with Gasteiger partial charge in [-0.25, -0.2) is 0 Å². The summed E-state index contributed by atoms with van der Waals surface area (Å²) in [6, 6.07) is 11.1. The molecule has 0 fully saturated rings. The minimum Gasteiger partial charge on any atom is -0.289 e. The van der Waals surface area contributed by atoms with Crippen molar-refractivity contribution in [2.24, 2.45) is 0 Å². The Labute approximate surface area is 118 Å². The third kappa shape index (κ3) is 2.27. The van der Waals surface area contributed by atoms with E-state index in [0.717, 1.165) is 15.4 Å². The predicted octanol–water partition coefficient (Wildman–Crippen LogP) is 3.62. The number of hydrogen-bond acceptors (Lipinski definition) is 3. The predicted molar refractivity (Wildman–Crippen MR) is 77.1 cm³/mol. The SMILES string of the molecule is O=C(c1cncc(Br)c1)c1cccc2ncccc12. The number of pyridine rings is 2. The first-order chi connectivity index (χ1) is 9.25. The molecule has 3 rings (SSSR count). The van der Waals surface area contributed by atoms with Crippen molar-refractivity contribution < 1.29 is 4.79 Å². The normalized spacial score (nSPS) is 10.6. The summed E-state index contributed by atoms with van der Waals surface area (Å²) in [5.41, 5.74) is 2.02. The van der Waals surface area contributed by atoms with Gasteiger partial charge in [-0.05, 0) is 34.1 Å². The van der Waals surface area contributed by atoms with E-state index < -0.39 is 0 Å². The summed E-state index contributed by atoms with van der Waals surface area (Å²) >= 11 is 3.33. The van der Waals surface area contributed by atoms with E-state index in [1.54, 1.807) is 24.7 Å². The number of aromatic nitrogens is 2. The molecule has 0 aliphatic carbocycles. The molecular formula is C15H9BrN2O. The summed E-state index contributed by atoms with van der Waals surface area (Å²) < 4.78 is 0.789. The van der Waals surface area contributed by atoms with Crippen LogP contribution in [0, 0.1) is 0 Å². The van der Waals surface area contributed by atoms with Gasteiger partial charge in [0.2, 0.25) is 0 Å². The second kappa shape index (κ2) is 4.90. The molecule has 2 heterocycles. The molecule has 92 valence electrons. The van der Waals surface area contributed by atoms with Crippen LogP contribution in [-0.2, 0) is 0 Å². The van der Waals surface area contributed by atoms with Crippen LogP contribution in [0.2, 0.25) is 0 Å². The second-order valence-corrected chi connectivity index (χ2v) is 5.01. The molecule has 0 radical (unpaired) electrons. The van der Waals surface area contributed by atoms with E-state index in [1.807, 2.05) is 30.3 Å². The summed E-state index contributed by atoms with van der Waals surface area (Å²) in [6.45, 7) is 0. The van der Waals surface area contributed by atoms with Crippen LogP contribution in [0.25, 0.3) is 10.9 Å². The Hall–Kier alpha value is -2.07. The van der Waals surface area contributed by atoms with Gasteiger partial charge in [-0.3, -0.25) is 14.8 Å². The Morgan fingerprint density at radius 3 is 2.84 bits per heavy atom. The molecule has 1 aromatic carbocycles. The second-order valence-electron chi connectivity index (χ2n) is 4.10. The number of nitrogens with zero attached hydrogens (tertiary/aromatic N) is 2. The standard InChI is InChI=1S/C15H9BrN2O/c16-11-7-10(8-17-9-11)15(19)13-3-1-5-14-12(13)4-2-6-18-14/h1-9H. The molecule has 0 N–H and O–H groups in total. The van der Waals surface area contributed by atoms with Crippen LogP contribution in [-0.4, -0.2) is 15.8 Å². The zero-order valence-corrected chi connectivity index (χ0v) is 11.5. The van der Waals surface area contributed by atoms with Crippen LogP contribution in [0.4, 0.5) is 0 Å². The highest BCUT2D eigenvalue weighted by Gasteiger charge is 2.13. The van der Waals surface area contributed by atoms with Crippen LogP contribution in [0.1, 0.15) is 15.9 Å². The van der Waals surface area contributed by atoms with Gasteiger partial charge in [-0.1, -0.05) is 18.2 Å². The van der Waals surface area contributed by atoms with Crippen molar-refractivity contribution in [3.63, 3.8) is 0 Å². The fourth-order valence-electron chi connectivity index (χ4n) is 1.99. The maximum absolute atomic E-state index is 12.5. The molecule has 3 nitrogen and oxygen atoms in total. The van der Waals surface area contributed by atoms with Gasteiger partial charge in [0.05, 0.1) is 5.52 Å². The molecule has 4 heteroatoms. The number of halogens is 1. The highest BCUT2D eigenvalue weighted by atomic mass is 79.9. The van der Waals surface area contributed by atoms with Gasteiger partial charge < -0.3 is 0 Å². The topological polar surface area (TPSA) is 42.9 Å². The molecule has 0 unspecified atom stereocenters. The van der Waals surface area contributed by atoms with Crippen LogP contribution in [0.3, 0.4) is 0 Å². The lowest BCUT2D eigenvalue weighted by atomic mass is 10.0. The molecule has 0 saturated heterocycles. The van der Waals surface area contributed by atoms with E-state index in [2.05, 4.69) is 25.9 Å². The summed E-state index contributed by atoms with van der Waals surface area (Å²) in [6.07, 6.45) is 4.95. The lowest BCUT2D eigenvalue weighted by Gasteiger charge is -2.05. The molecule has 19 heavy (non-hydrogen) atoms. The third-order valence-corrected chi connectivity index (χ3v) is 3.29. The summed E-state index contributed by atoms with van der Waals surface area (Å²) in [4.78, 5) is 20.8. The first-order valence-corrected chi connectivity index (χ1v) is 6.54. The van der Waals surface area contributed by atoms with Gasteiger partial charge in [0.1, 0.15) is 0 Å². The van der Waals surface area contributed by atoms with E-state index in [1.165, 1.54) is 0 Å². The lowest BCUT2D eigenvalue weighted by molar-refractivity contribution is 0.104. The van der Waals surface area contributed by atoms with Crippen LogP contribution in [0.15, 0.2) is 59.5 Å². The Balaban J connectivity index is 2.17. The molecule has 3 aromatic rings. The smallest absolute Gasteiger partial charge is 0.195 e. The summed E-state index contributed by atoms with van der Waals surface area (Å²) in [5, 5.41) is 0.856. The highest BCUT2D eigenvalue weighted by Crippen LogP contribution is 2.20. The third-order valence-electron chi connectivity index (χ3n) is 2.86. The van der Waals surface area contributed by atoms with Crippen molar-refractivity contribution in [2.45, 2.75) is 0 Å². The first kappa shape index (κ1) is 12.0. The first-order valence-electron chi connectivity index (χ1n) is 5.75. The minimum absolute atomic E-state index is 0.0487. The Kier molecular flexibility index (Phi) is 3.09. The zero-order valence-electron chi connectivity index (χ0n) is 9.88. The number of carbonyl (C=O) groups excluding carboxylic acids is 1. The van der Waals surface area contributed by atoms with Crippen molar-refractivity contribution in [1.29, 1.82) is 0 Å². The van der Waals surface area contributed by atoms with Crippen molar-refractivity contribution in [3.8, 4) is 0 Å². The largest absolute Gasteiger partial charge is 0.289 e. The summed E-state index contributed by atoms with van der Waals surface area (Å²) in [7, 11) is 0. The number of benzene rings is 1. The summed E-state index contributed by atoms with van der Waals surface area (Å²) in [5.74, 6) is -0.0487. The number of ketones is 1. The van der Waals surface area contributed by atoms with Gasteiger partial charge in [-0.2, -0.15) is 0 Å². The molecule has 0 bridgehead atoms. The van der Waals surface area contributed by atoms with Gasteiger partial charge >= 0.3 is 0 Å². The number of rotatable bonds is 2. The molecular weight excluding hydrogens is 304 g/mol. The van der Waals surface area contributed by atoms with Gasteiger partial charge in [0.25, 0.3) is 0 Å². The number of fused-ring (bicyclic) bond motifs is 1. The zero-order chi connectivity index (χ0) is 13.2. The van der Waals surface area contributed by atoms with E-state index in [4.69, 9.17) is 0 Å². The van der Waals surface area contributed by atoms with Crippen LogP contribution < -0.4 is 0 Å². The molecule has 0 amide bonds. The molecule has 0 aliphatic heterocycles. The van der Waals surface area contributed by atoms with Crippen molar-refractivity contribution in [2.75, 3.05) is 0 Å². The Bertz CT molecular complexity index is 765. The molecule has 0 spiro atoms. The molecule has 0 atom stereocenters. The van der Waals surface area contributed by atoms with Crippen molar-refractivity contribution >= 4 is 32.6 Å². The fraction of sp³-hybridized carbons (Fsp3) is 0. The maximum Gasteiger partial charge on any atom is 0.195 e. The lowest BCUT2D eigenvalue weighted by Crippen LogP contribution is -2.03. The molecule has 2 aromatic heterocycles. The highest BCUT2D eigenvalue weighted by molar-refractivity contribution is 9.10. The number of carbonyl (C=O) groups is 1. The van der Waals surface area contributed by atoms with Crippen molar-refractivity contribution in [3.05, 3.63) is 70.6 Å². The quantitative estimate of drug-likeness (QED) is 0.679.